The van der Waals surface area contributed by atoms with E-state index in [2.05, 4.69) is 72.2 Å². The first-order valence-electron chi connectivity index (χ1n) is 5.94. The maximum atomic E-state index is 4.44. The third kappa shape index (κ3) is 5.50. The quantitative estimate of drug-likeness (QED) is 0.893. The molecule has 0 aliphatic carbocycles. The highest BCUT2D eigenvalue weighted by Crippen LogP contribution is 2.21. The van der Waals surface area contributed by atoms with Gasteiger partial charge in [0.1, 0.15) is 5.82 Å². The molecule has 0 bridgehead atoms. The second-order valence-electron chi connectivity index (χ2n) is 5.57. The van der Waals surface area contributed by atoms with Gasteiger partial charge in [-0.25, -0.2) is 4.98 Å². The summed E-state index contributed by atoms with van der Waals surface area (Å²) in [5.74, 6) is 0.953. The zero-order valence-corrected chi connectivity index (χ0v) is 12.9. The van der Waals surface area contributed by atoms with Crippen LogP contribution in [0.5, 0.6) is 0 Å². The van der Waals surface area contributed by atoms with Gasteiger partial charge in [0, 0.05) is 34.4 Å². The van der Waals surface area contributed by atoms with Gasteiger partial charge in [-0.1, -0.05) is 13.8 Å². The number of anilines is 1. The van der Waals surface area contributed by atoms with Gasteiger partial charge in [-0.05, 0) is 42.8 Å². The molecule has 0 amide bonds. The average molecular weight is 300 g/mol. The largest absolute Gasteiger partial charge is 0.365 e. The van der Waals surface area contributed by atoms with Crippen LogP contribution in [0.1, 0.15) is 40.2 Å². The monoisotopic (exact) mass is 299 g/mol. The lowest BCUT2D eigenvalue weighted by Gasteiger charge is -2.23. The SMILES string of the molecule is CC(C)NCc1cc(Br)cnc1NC(C)(C)C. The highest BCUT2D eigenvalue weighted by molar-refractivity contribution is 9.10. The second-order valence-corrected chi connectivity index (χ2v) is 6.49. The van der Waals surface area contributed by atoms with Crippen LogP contribution >= 0.6 is 15.9 Å². The molecule has 0 saturated heterocycles. The molecule has 0 unspecified atom stereocenters. The van der Waals surface area contributed by atoms with Crippen molar-refractivity contribution in [3.05, 3.63) is 22.3 Å². The Morgan fingerprint density at radius 1 is 1.35 bits per heavy atom. The van der Waals surface area contributed by atoms with Crippen LogP contribution in [0.2, 0.25) is 0 Å². The van der Waals surface area contributed by atoms with E-state index >= 15 is 0 Å². The van der Waals surface area contributed by atoms with Gasteiger partial charge >= 0.3 is 0 Å². The van der Waals surface area contributed by atoms with Crippen molar-refractivity contribution in [2.24, 2.45) is 0 Å². The number of halogens is 1. The van der Waals surface area contributed by atoms with E-state index in [1.54, 1.807) is 0 Å². The van der Waals surface area contributed by atoms with E-state index in [0.717, 1.165) is 16.8 Å². The van der Waals surface area contributed by atoms with Crippen molar-refractivity contribution < 1.29 is 0 Å². The molecule has 1 rings (SSSR count). The molecule has 17 heavy (non-hydrogen) atoms. The van der Waals surface area contributed by atoms with E-state index in [0.29, 0.717) is 6.04 Å². The van der Waals surface area contributed by atoms with Gasteiger partial charge < -0.3 is 10.6 Å². The third-order valence-electron chi connectivity index (χ3n) is 2.13. The Bertz CT molecular complexity index is 369. The van der Waals surface area contributed by atoms with E-state index in [4.69, 9.17) is 0 Å². The summed E-state index contributed by atoms with van der Waals surface area (Å²) in [5, 5.41) is 6.84. The van der Waals surface area contributed by atoms with Crippen LogP contribution in [0.15, 0.2) is 16.7 Å². The molecule has 4 heteroatoms. The minimum absolute atomic E-state index is 0.0212. The van der Waals surface area contributed by atoms with Crippen molar-refractivity contribution in [1.82, 2.24) is 10.3 Å². The van der Waals surface area contributed by atoms with Crippen LogP contribution in [0.3, 0.4) is 0 Å². The fourth-order valence-electron chi connectivity index (χ4n) is 1.40. The molecule has 0 fully saturated rings. The number of pyridine rings is 1. The van der Waals surface area contributed by atoms with Crippen LogP contribution in [-0.4, -0.2) is 16.6 Å². The lowest BCUT2D eigenvalue weighted by Crippen LogP contribution is -2.29. The van der Waals surface area contributed by atoms with E-state index < -0.39 is 0 Å². The molecule has 0 aliphatic heterocycles. The van der Waals surface area contributed by atoms with Crippen molar-refractivity contribution in [2.45, 2.75) is 52.7 Å². The first-order chi connectivity index (χ1) is 7.78. The first-order valence-corrected chi connectivity index (χ1v) is 6.73. The minimum atomic E-state index is 0.0212. The van der Waals surface area contributed by atoms with Gasteiger partial charge in [0.25, 0.3) is 0 Å². The fourth-order valence-corrected chi connectivity index (χ4v) is 1.78. The zero-order valence-electron chi connectivity index (χ0n) is 11.3. The first kappa shape index (κ1) is 14.5. The smallest absolute Gasteiger partial charge is 0.130 e. The molecular weight excluding hydrogens is 278 g/mol. The number of hydrogen-bond donors (Lipinski definition) is 2. The fraction of sp³-hybridized carbons (Fsp3) is 0.615. The number of nitrogens with zero attached hydrogens (tertiary/aromatic N) is 1. The van der Waals surface area contributed by atoms with Crippen molar-refractivity contribution in [1.29, 1.82) is 0 Å². The normalized spacial score (nSPS) is 11.9. The summed E-state index contributed by atoms with van der Waals surface area (Å²) in [4.78, 5) is 4.44. The molecule has 1 heterocycles. The Morgan fingerprint density at radius 3 is 2.53 bits per heavy atom. The Morgan fingerprint density at radius 2 is 2.00 bits per heavy atom. The van der Waals surface area contributed by atoms with Crippen molar-refractivity contribution in [3.63, 3.8) is 0 Å². The van der Waals surface area contributed by atoms with Crippen LogP contribution in [-0.2, 0) is 6.54 Å². The number of aromatic nitrogens is 1. The number of rotatable bonds is 4. The molecule has 0 aromatic carbocycles. The Kier molecular flexibility index (Phi) is 4.95. The summed E-state index contributed by atoms with van der Waals surface area (Å²) in [5.41, 5.74) is 1.20. The maximum absolute atomic E-state index is 4.44. The Hall–Kier alpha value is -0.610. The van der Waals surface area contributed by atoms with Gasteiger partial charge in [-0.2, -0.15) is 0 Å². The Balaban J connectivity index is 2.87. The molecule has 2 N–H and O–H groups in total. The summed E-state index contributed by atoms with van der Waals surface area (Å²) >= 11 is 3.46. The maximum Gasteiger partial charge on any atom is 0.130 e. The van der Waals surface area contributed by atoms with Gasteiger partial charge in [-0.3, -0.25) is 0 Å². The highest BCUT2D eigenvalue weighted by Gasteiger charge is 2.13. The standard InChI is InChI=1S/C13H22BrN3/c1-9(2)15-7-10-6-11(14)8-16-12(10)17-13(3,4)5/h6,8-9,15H,7H2,1-5H3,(H,16,17). The third-order valence-corrected chi connectivity index (χ3v) is 2.56. The number of hydrogen-bond acceptors (Lipinski definition) is 3. The Labute approximate surface area is 113 Å². The van der Waals surface area contributed by atoms with E-state index in [9.17, 15) is 0 Å². The molecule has 0 radical (unpaired) electrons. The zero-order chi connectivity index (χ0) is 13.1. The van der Waals surface area contributed by atoms with Crippen molar-refractivity contribution in [2.75, 3.05) is 5.32 Å². The predicted octanol–water partition coefficient (Wildman–Crippen LogP) is 3.55. The van der Waals surface area contributed by atoms with Gasteiger partial charge in [0.05, 0.1) is 0 Å². The molecule has 0 aliphatic rings. The van der Waals surface area contributed by atoms with Crippen molar-refractivity contribution >= 4 is 21.7 Å². The molecule has 0 atom stereocenters. The molecule has 3 nitrogen and oxygen atoms in total. The second kappa shape index (κ2) is 5.83. The van der Waals surface area contributed by atoms with Crippen LogP contribution in [0, 0.1) is 0 Å². The summed E-state index contributed by atoms with van der Waals surface area (Å²) in [7, 11) is 0. The van der Waals surface area contributed by atoms with Gasteiger partial charge in [-0.15, -0.1) is 0 Å². The van der Waals surface area contributed by atoms with Crippen LogP contribution < -0.4 is 10.6 Å². The van der Waals surface area contributed by atoms with E-state index in [1.165, 1.54) is 5.56 Å². The molecular formula is C13H22BrN3. The molecule has 1 aromatic heterocycles. The molecule has 96 valence electrons. The summed E-state index contributed by atoms with van der Waals surface area (Å²) in [6.07, 6.45) is 1.83. The van der Waals surface area contributed by atoms with Crippen LogP contribution in [0.25, 0.3) is 0 Å². The number of nitrogens with one attached hydrogen (secondary N) is 2. The van der Waals surface area contributed by atoms with Crippen LogP contribution in [0.4, 0.5) is 5.82 Å². The summed E-state index contributed by atoms with van der Waals surface area (Å²) in [6.45, 7) is 11.5. The molecule has 1 aromatic rings. The topological polar surface area (TPSA) is 37.0 Å². The van der Waals surface area contributed by atoms with Gasteiger partial charge in [0.2, 0.25) is 0 Å². The summed E-state index contributed by atoms with van der Waals surface area (Å²) < 4.78 is 1.01. The van der Waals surface area contributed by atoms with Crippen molar-refractivity contribution in [3.8, 4) is 0 Å². The molecule has 0 saturated carbocycles. The molecule has 0 spiro atoms. The predicted molar refractivity (Wildman–Crippen MR) is 77.3 cm³/mol. The van der Waals surface area contributed by atoms with Gasteiger partial charge in [0.15, 0.2) is 0 Å². The summed E-state index contributed by atoms with van der Waals surface area (Å²) in [6, 6.07) is 2.58. The minimum Gasteiger partial charge on any atom is -0.365 e. The lowest BCUT2D eigenvalue weighted by molar-refractivity contribution is 0.584. The highest BCUT2D eigenvalue weighted by atomic mass is 79.9. The van der Waals surface area contributed by atoms with E-state index in [1.807, 2.05) is 6.20 Å². The lowest BCUT2D eigenvalue weighted by atomic mass is 10.1. The average Bonchev–Trinajstić information content (AvgIpc) is 2.16. The van der Waals surface area contributed by atoms with E-state index in [-0.39, 0.29) is 5.54 Å².